The van der Waals surface area contributed by atoms with E-state index in [-0.39, 0.29) is 5.06 Å². The summed E-state index contributed by atoms with van der Waals surface area (Å²) in [6, 6.07) is 5.07. The minimum absolute atomic E-state index is 0.176. The third kappa shape index (κ3) is 8.66. The van der Waals surface area contributed by atoms with Gasteiger partial charge >= 0.3 is 15.2 Å². The van der Waals surface area contributed by atoms with Gasteiger partial charge in [0.2, 0.25) is 0 Å². The van der Waals surface area contributed by atoms with E-state index in [0.29, 0.717) is 17.1 Å². The standard InChI is InChI=1S/C22H38O8P2/c1-15(2)27-31(23,28-16(3)4)22(32(24,29-17(5)6)30-18(7)8)13-19-11-20(25-9)14-21(12-19)26-10/h11-18H,1-10H3. The first-order chi connectivity index (χ1) is 14.7. The van der Waals surface area contributed by atoms with Crippen molar-refractivity contribution >= 4 is 21.3 Å². The van der Waals surface area contributed by atoms with E-state index in [4.69, 9.17) is 27.6 Å². The monoisotopic (exact) mass is 492 g/mol. The van der Waals surface area contributed by atoms with Crippen molar-refractivity contribution < 1.29 is 36.7 Å². The van der Waals surface area contributed by atoms with Gasteiger partial charge in [-0.15, -0.1) is 0 Å². The van der Waals surface area contributed by atoms with Crippen LogP contribution in [0.2, 0.25) is 0 Å². The Morgan fingerprint density at radius 1 is 0.656 bits per heavy atom. The minimum Gasteiger partial charge on any atom is -0.497 e. The lowest BCUT2D eigenvalue weighted by atomic mass is 10.2. The van der Waals surface area contributed by atoms with E-state index in [1.807, 2.05) is 0 Å². The molecule has 32 heavy (non-hydrogen) atoms. The van der Waals surface area contributed by atoms with Gasteiger partial charge in [0.05, 0.1) is 38.6 Å². The molecule has 0 saturated carbocycles. The highest BCUT2D eigenvalue weighted by Crippen LogP contribution is 2.75. The van der Waals surface area contributed by atoms with Gasteiger partial charge in [0, 0.05) is 6.07 Å². The fourth-order valence-electron chi connectivity index (χ4n) is 2.75. The molecule has 0 aliphatic carbocycles. The first kappa shape index (κ1) is 28.9. The molecule has 1 rings (SSSR count). The zero-order chi connectivity index (χ0) is 24.7. The highest BCUT2D eigenvalue weighted by atomic mass is 31.2. The molecule has 0 radical (unpaired) electrons. The maximum absolute atomic E-state index is 14.1. The van der Waals surface area contributed by atoms with Crippen molar-refractivity contribution in [3.05, 3.63) is 28.8 Å². The van der Waals surface area contributed by atoms with Crippen LogP contribution >= 0.6 is 15.2 Å². The number of benzene rings is 1. The van der Waals surface area contributed by atoms with Crippen LogP contribution < -0.4 is 9.47 Å². The highest BCUT2D eigenvalue weighted by molar-refractivity contribution is 7.79. The summed E-state index contributed by atoms with van der Waals surface area (Å²) in [6.07, 6.45) is -0.449. The summed E-state index contributed by atoms with van der Waals surface area (Å²) in [5.74, 6) is 1.01. The van der Waals surface area contributed by atoms with Crippen LogP contribution in [-0.4, -0.2) is 38.6 Å². The smallest absolute Gasteiger partial charge is 0.370 e. The van der Waals surface area contributed by atoms with Crippen molar-refractivity contribution in [2.75, 3.05) is 14.2 Å². The SMILES string of the molecule is COc1cc(C=C(P(=O)(OC(C)C)OC(C)C)P(=O)(OC(C)C)OC(C)C)cc(OC)c1. The Morgan fingerprint density at radius 3 is 1.22 bits per heavy atom. The number of methoxy groups -OCH3 is 2. The molecule has 0 N–H and O–H groups in total. The Hall–Kier alpha value is -1.14. The molecular formula is C22H38O8P2. The molecule has 0 fully saturated rings. The quantitative estimate of drug-likeness (QED) is 0.270. The van der Waals surface area contributed by atoms with Crippen LogP contribution in [0.1, 0.15) is 61.0 Å². The van der Waals surface area contributed by atoms with E-state index in [9.17, 15) is 9.13 Å². The third-order valence-electron chi connectivity index (χ3n) is 3.63. The second-order valence-corrected chi connectivity index (χ2v) is 12.4. The number of ether oxygens (including phenoxy) is 2. The summed E-state index contributed by atoms with van der Waals surface area (Å²) in [6.45, 7) is 13.8. The lowest BCUT2D eigenvalue weighted by Crippen LogP contribution is -2.14. The predicted octanol–water partition coefficient (Wildman–Crippen LogP) is 7.09. The van der Waals surface area contributed by atoms with Crippen molar-refractivity contribution in [2.24, 2.45) is 0 Å². The van der Waals surface area contributed by atoms with E-state index in [0.717, 1.165) is 0 Å². The molecule has 1 aromatic rings. The zero-order valence-electron chi connectivity index (χ0n) is 20.8. The van der Waals surface area contributed by atoms with Crippen molar-refractivity contribution in [2.45, 2.75) is 79.8 Å². The van der Waals surface area contributed by atoms with Crippen LogP contribution in [0.15, 0.2) is 23.3 Å². The van der Waals surface area contributed by atoms with E-state index >= 15 is 0 Å². The topological polar surface area (TPSA) is 89.5 Å². The van der Waals surface area contributed by atoms with Crippen LogP contribution in [-0.2, 0) is 27.2 Å². The zero-order valence-corrected chi connectivity index (χ0v) is 22.6. The Kier molecular flexibility index (Phi) is 11.2. The Labute approximate surface area is 192 Å². The summed E-state index contributed by atoms with van der Waals surface area (Å²) >= 11 is 0. The molecule has 0 saturated heterocycles. The van der Waals surface area contributed by atoms with E-state index < -0.39 is 39.6 Å². The molecular weight excluding hydrogens is 454 g/mol. The third-order valence-corrected chi connectivity index (χ3v) is 9.28. The lowest BCUT2D eigenvalue weighted by molar-refractivity contribution is 0.138. The molecule has 1 aromatic carbocycles. The van der Waals surface area contributed by atoms with Crippen molar-refractivity contribution in [1.29, 1.82) is 0 Å². The number of rotatable bonds is 13. The predicted molar refractivity (Wildman–Crippen MR) is 128 cm³/mol. The number of hydrogen-bond acceptors (Lipinski definition) is 8. The summed E-state index contributed by atoms with van der Waals surface area (Å²) in [5.41, 5.74) is 0.510. The van der Waals surface area contributed by atoms with Crippen LogP contribution in [0, 0.1) is 0 Å². The van der Waals surface area contributed by atoms with Gasteiger partial charge in [-0.1, -0.05) is 0 Å². The molecule has 8 nitrogen and oxygen atoms in total. The largest absolute Gasteiger partial charge is 0.497 e. The summed E-state index contributed by atoms with van der Waals surface area (Å²) in [7, 11) is -5.20. The molecule has 0 aromatic heterocycles. The summed E-state index contributed by atoms with van der Waals surface area (Å²) in [4.78, 5) is 0. The van der Waals surface area contributed by atoms with Crippen LogP contribution in [0.25, 0.3) is 6.08 Å². The second kappa shape index (κ2) is 12.4. The summed E-state index contributed by atoms with van der Waals surface area (Å²) in [5, 5.41) is -0.176. The molecule has 0 spiro atoms. The average Bonchev–Trinajstić information content (AvgIpc) is 2.62. The van der Waals surface area contributed by atoms with Gasteiger partial charge in [-0.3, -0.25) is 9.13 Å². The van der Waals surface area contributed by atoms with E-state index in [2.05, 4.69) is 0 Å². The molecule has 184 valence electrons. The van der Waals surface area contributed by atoms with E-state index in [1.165, 1.54) is 20.3 Å². The highest BCUT2D eigenvalue weighted by Gasteiger charge is 2.47. The van der Waals surface area contributed by atoms with Gasteiger partial charge in [-0.25, -0.2) is 0 Å². The van der Waals surface area contributed by atoms with Gasteiger partial charge < -0.3 is 27.6 Å². The van der Waals surface area contributed by atoms with Gasteiger partial charge in [0.15, 0.2) is 5.06 Å². The van der Waals surface area contributed by atoms with Gasteiger partial charge in [-0.05, 0) is 79.2 Å². The van der Waals surface area contributed by atoms with Crippen molar-refractivity contribution in [3.63, 3.8) is 0 Å². The van der Waals surface area contributed by atoms with E-state index in [1.54, 1.807) is 73.6 Å². The molecule has 0 aliphatic heterocycles. The maximum Gasteiger partial charge on any atom is 0.370 e. The first-order valence-electron chi connectivity index (χ1n) is 10.6. The number of hydrogen-bond donors (Lipinski definition) is 0. The van der Waals surface area contributed by atoms with Gasteiger partial charge in [0.1, 0.15) is 11.5 Å². The van der Waals surface area contributed by atoms with Crippen LogP contribution in [0.3, 0.4) is 0 Å². The van der Waals surface area contributed by atoms with Crippen LogP contribution in [0.5, 0.6) is 11.5 Å². The van der Waals surface area contributed by atoms with Crippen LogP contribution in [0.4, 0.5) is 0 Å². The lowest BCUT2D eigenvalue weighted by Gasteiger charge is -2.30. The molecule has 0 atom stereocenters. The second-order valence-electron chi connectivity index (χ2n) is 8.26. The first-order valence-corrected chi connectivity index (χ1v) is 13.7. The fraction of sp³-hybridized carbons (Fsp3) is 0.636. The summed E-state index contributed by atoms with van der Waals surface area (Å²) < 4.78 is 62.1. The Balaban J connectivity index is 3.92. The van der Waals surface area contributed by atoms with Gasteiger partial charge in [0.25, 0.3) is 0 Å². The van der Waals surface area contributed by atoms with Crippen molar-refractivity contribution in [3.8, 4) is 11.5 Å². The molecule has 0 bridgehead atoms. The Bertz CT molecular complexity index is 771. The fourth-order valence-corrected chi connectivity index (χ4v) is 7.88. The molecule has 0 unspecified atom stereocenters. The Morgan fingerprint density at radius 2 is 0.969 bits per heavy atom. The molecule has 0 heterocycles. The molecule has 0 aliphatic rings. The average molecular weight is 492 g/mol. The molecule has 10 heteroatoms. The molecule has 0 amide bonds. The van der Waals surface area contributed by atoms with Gasteiger partial charge in [-0.2, -0.15) is 0 Å². The normalized spacial score (nSPS) is 12.7. The maximum atomic E-state index is 14.1. The van der Waals surface area contributed by atoms with Crippen molar-refractivity contribution in [1.82, 2.24) is 0 Å². The minimum atomic E-state index is -4.12.